The molecule has 1 atom stereocenters. The fourth-order valence-corrected chi connectivity index (χ4v) is 1.67. The number of aromatic nitrogens is 1. The Balaban J connectivity index is 2.25. The van der Waals surface area contributed by atoms with Crippen LogP contribution in [0, 0.1) is 0 Å². The molecule has 0 amide bonds. The normalized spacial score (nSPS) is 12.7. The third kappa shape index (κ3) is 4.79. The largest absolute Gasteiger partial charge is 0.393 e. The van der Waals surface area contributed by atoms with Gasteiger partial charge in [0.25, 0.3) is 0 Å². The van der Waals surface area contributed by atoms with E-state index in [9.17, 15) is 5.11 Å². The quantitative estimate of drug-likeness (QED) is 0.753. The Labute approximate surface area is 91.3 Å². The van der Waals surface area contributed by atoms with Crippen LogP contribution in [0.2, 0.25) is 0 Å². The van der Waals surface area contributed by atoms with Crippen LogP contribution in [0.15, 0.2) is 18.3 Å². The van der Waals surface area contributed by atoms with E-state index in [-0.39, 0.29) is 6.10 Å². The van der Waals surface area contributed by atoms with Gasteiger partial charge in [0, 0.05) is 6.20 Å². The molecule has 3 N–H and O–H groups in total. The summed E-state index contributed by atoms with van der Waals surface area (Å²) in [6, 6.07) is 3.87. The molecule has 1 heterocycles. The van der Waals surface area contributed by atoms with Crippen LogP contribution in [0.5, 0.6) is 0 Å². The molecular formula is C12H20N2O. The highest BCUT2D eigenvalue weighted by Crippen LogP contribution is 2.10. The molecule has 0 aliphatic carbocycles. The van der Waals surface area contributed by atoms with Crippen LogP contribution in [-0.2, 0) is 6.42 Å². The Kier molecular flexibility index (Phi) is 5.12. The van der Waals surface area contributed by atoms with Crippen LogP contribution in [0.3, 0.4) is 0 Å². The zero-order valence-electron chi connectivity index (χ0n) is 9.32. The summed E-state index contributed by atoms with van der Waals surface area (Å²) in [5, 5.41) is 9.54. The second-order valence-corrected chi connectivity index (χ2v) is 3.92. The van der Waals surface area contributed by atoms with E-state index in [1.54, 1.807) is 6.20 Å². The average molecular weight is 208 g/mol. The molecule has 0 aliphatic rings. The first-order valence-electron chi connectivity index (χ1n) is 5.61. The molecule has 3 nitrogen and oxygen atoms in total. The third-order valence-corrected chi connectivity index (χ3v) is 2.47. The van der Waals surface area contributed by atoms with Crippen molar-refractivity contribution in [2.24, 2.45) is 0 Å². The number of hydrogen-bond acceptors (Lipinski definition) is 3. The summed E-state index contributed by atoms with van der Waals surface area (Å²) >= 11 is 0. The highest BCUT2D eigenvalue weighted by atomic mass is 16.3. The van der Waals surface area contributed by atoms with Gasteiger partial charge in [-0.25, -0.2) is 4.98 Å². The van der Waals surface area contributed by atoms with E-state index in [1.165, 1.54) is 5.56 Å². The highest BCUT2D eigenvalue weighted by molar-refractivity contribution is 5.31. The van der Waals surface area contributed by atoms with E-state index in [1.807, 2.05) is 12.1 Å². The lowest BCUT2D eigenvalue weighted by atomic mass is 10.0. The number of rotatable bonds is 6. The number of nitrogens with two attached hydrogens (primary N) is 1. The number of aryl methyl sites for hydroxylation is 1. The van der Waals surface area contributed by atoms with E-state index in [0.29, 0.717) is 5.82 Å². The molecule has 15 heavy (non-hydrogen) atoms. The Bertz CT molecular complexity index is 289. The van der Waals surface area contributed by atoms with Crippen molar-refractivity contribution < 1.29 is 5.11 Å². The average Bonchev–Trinajstić information content (AvgIpc) is 2.18. The van der Waals surface area contributed by atoms with E-state index >= 15 is 0 Å². The standard InChI is InChI=1S/C12H20N2O/c1-2-4-11(15)6-3-5-10-7-8-14-12(13)9-10/h7-9,11,15H,2-6H2,1H3,(H2,13,14). The fourth-order valence-electron chi connectivity index (χ4n) is 1.67. The van der Waals surface area contributed by atoms with Crippen LogP contribution >= 0.6 is 0 Å². The molecule has 3 heteroatoms. The van der Waals surface area contributed by atoms with Crippen molar-refractivity contribution in [1.29, 1.82) is 0 Å². The molecule has 0 aliphatic heterocycles. The fraction of sp³-hybridized carbons (Fsp3) is 0.583. The van der Waals surface area contributed by atoms with Crippen molar-refractivity contribution >= 4 is 5.82 Å². The minimum absolute atomic E-state index is 0.144. The minimum Gasteiger partial charge on any atom is -0.393 e. The zero-order chi connectivity index (χ0) is 11.1. The van der Waals surface area contributed by atoms with E-state index < -0.39 is 0 Å². The van der Waals surface area contributed by atoms with Gasteiger partial charge >= 0.3 is 0 Å². The summed E-state index contributed by atoms with van der Waals surface area (Å²) in [5.74, 6) is 0.571. The van der Waals surface area contributed by atoms with Crippen molar-refractivity contribution in [2.45, 2.75) is 45.1 Å². The number of pyridine rings is 1. The van der Waals surface area contributed by atoms with Crippen molar-refractivity contribution in [3.63, 3.8) is 0 Å². The van der Waals surface area contributed by atoms with Crippen LogP contribution in [0.25, 0.3) is 0 Å². The Morgan fingerprint density at radius 2 is 2.27 bits per heavy atom. The molecule has 0 aromatic carbocycles. The lowest BCUT2D eigenvalue weighted by Crippen LogP contribution is -2.06. The maximum Gasteiger partial charge on any atom is 0.123 e. The second-order valence-electron chi connectivity index (χ2n) is 3.92. The van der Waals surface area contributed by atoms with Gasteiger partial charge in [-0.2, -0.15) is 0 Å². The number of aliphatic hydroxyl groups excluding tert-OH is 1. The van der Waals surface area contributed by atoms with Crippen LogP contribution < -0.4 is 5.73 Å². The Morgan fingerprint density at radius 1 is 1.47 bits per heavy atom. The predicted molar refractivity (Wildman–Crippen MR) is 62.5 cm³/mol. The van der Waals surface area contributed by atoms with Crippen molar-refractivity contribution in [3.05, 3.63) is 23.9 Å². The molecular weight excluding hydrogens is 188 g/mol. The van der Waals surface area contributed by atoms with Crippen molar-refractivity contribution in [1.82, 2.24) is 4.98 Å². The van der Waals surface area contributed by atoms with E-state index in [4.69, 9.17) is 5.73 Å². The molecule has 1 unspecified atom stereocenters. The summed E-state index contributed by atoms with van der Waals surface area (Å²) < 4.78 is 0. The van der Waals surface area contributed by atoms with E-state index in [0.717, 1.165) is 32.1 Å². The Morgan fingerprint density at radius 3 is 2.93 bits per heavy atom. The van der Waals surface area contributed by atoms with Gasteiger partial charge in [0.2, 0.25) is 0 Å². The molecule has 0 spiro atoms. The first-order valence-corrected chi connectivity index (χ1v) is 5.61. The summed E-state index contributed by atoms with van der Waals surface area (Å²) in [6.07, 6.45) is 6.37. The molecule has 0 fully saturated rings. The topological polar surface area (TPSA) is 59.1 Å². The van der Waals surface area contributed by atoms with Gasteiger partial charge in [-0.15, -0.1) is 0 Å². The SMILES string of the molecule is CCCC(O)CCCc1ccnc(N)c1. The number of hydrogen-bond donors (Lipinski definition) is 2. The summed E-state index contributed by atoms with van der Waals surface area (Å²) in [6.45, 7) is 2.09. The van der Waals surface area contributed by atoms with E-state index in [2.05, 4.69) is 11.9 Å². The van der Waals surface area contributed by atoms with Crippen LogP contribution in [0.1, 0.15) is 38.2 Å². The number of nitrogen functional groups attached to an aromatic ring is 1. The maximum absolute atomic E-state index is 9.54. The summed E-state index contributed by atoms with van der Waals surface area (Å²) in [5.41, 5.74) is 6.78. The molecule has 0 saturated heterocycles. The number of anilines is 1. The zero-order valence-corrected chi connectivity index (χ0v) is 9.32. The molecule has 0 bridgehead atoms. The first-order chi connectivity index (χ1) is 7.22. The highest BCUT2D eigenvalue weighted by Gasteiger charge is 2.02. The lowest BCUT2D eigenvalue weighted by Gasteiger charge is -2.08. The molecule has 84 valence electrons. The van der Waals surface area contributed by atoms with Crippen molar-refractivity contribution in [2.75, 3.05) is 5.73 Å². The molecule has 1 rings (SSSR count). The first kappa shape index (κ1) is 12.0. The van der Waals surface area contributed by atoms with Gasteiger partial charge in [0.1, 0.15) is 5.82 Å². The second kappa shape index (κ2) is 6.40. The van der Waals surface area contributed by atoms with Gasteiger partial charge in [-0.05, 0) is 43.4 Å². The van der Waals surface area contributed by atoms with Gasteiger partial charge in [0.15, 0.2) is 0 Å². The van der Waals surface area contributed by atoms with Crippen LogP contribution in [-0.4, -0.2) is 16.2 Å². The molecule has 1 aromatic rings. The number of nitrogens with zero attached hydrogens (tertiary/aromatic N) is 1. The van der Waals surface area contributed by atoms with Gasteiger partial charge in [-0.1, -0.05) is 13.3 Å². The van der Waals surface area contributed by atoms with Gasteiger partial charge < -0.3 is 10.8 Å². The Hall–Kier alpha value is -1.09. The monoisotopic (exact) mass is 208 g/mol. The summed E-state index contributed by atoms with van der Waals surface area (Å²) in [7, 11) is 0. The molecule has 1 aromatic heterocycles. The predicted octanol–water partition coefficient (Wildman–Crippen LogP) is 2.15. The third-order valence-electron chi connectivity index (χ3n) is 2.47. The molecule has 0 radical (unpaired) electrons. The smallest absolute Gasteiger partial charge is 0.123 e. The van der Waals surface area contributed by atoms with Crippen molar-refractivity contribution in [3.8, 4) is 0 Å². The minimum atomic E-state index is -0.144. The van der Waals surface area contributed by atoms with Gasteiger partial charge in [-0.3, -0.25) is 0 Å². The van der Waals surface area contributed by atoms with Gasteiger partial charge in [0.05, 0.1) is 6.10 Å². The van der Waals surface area contributed by atoms with Crippen LogP contribution in [0.4, 0.5) is 5.82 Å². The summed E-state index contributed by atoms with van der Waals surface area (Å²) in [4.78, 5) is 3.94. The molecule has 0 saturated carbocycles. The lowest BCUT2D eigenvalue weighted by molar-refractivity contribution is 0.151. The maximum atomic E-state index is 9.54. The number of aliphatic hydroxyl groups is 1.